The van der Waals surface area contributed by atoms with Crippen molar-refractivity contribution in [1.82, 2.24) is 24.8 Å². The number of hydrogen-bond donors (Lipinski definition) is 1. The monoisotopic (exact) mass is 477 g/mol. The van der Waals surface area contributed by atoms with Crippen molar-refractivity contribution in [2.75, 3.05) is 26.2 Å². The number of piperazine rings is 1. The molecule has 1 aliphatic heterocycles. The fraction of sp³-hybridized carbons (Fsp3) is 0.455. The van der Waals surface area contributed by atoms with Crippen LogP contribution in [-0.4, -0.2) is 56.8 Å². The SMILES string of the molecule is O=C(c1ccc(C(F)(F)F)nc1)N1CCN(Cc2nc3sc4c(c3c(=O)[nH]2)CCCC4)CC1. The van der Waals surface area contributed by atoms with Crippen LogP contribution in [0.15, 0.2) is 23.1 Å². The van der Waals surface area contributed by atoms with Crippen LogP contribution < -0.4 is 5.56 Å². The number of H-pyrrole nitrogens is 1. The minimum atomic E-state index is -4.53. The number of hydrogen-bond acceptors (Lipinski definition) is 6. The van der Waals surface area contributed by atoms with Gasteiger partial charge in [0.1, 0.15) is 16.3 Å². The van der Waals surface area contributed by atoms with Crippen LogP contribution in [0.4, 0.5) is 13.2 Å². The Hall–Kier alpha value is -2.79. The molecule has 1 amide bonds. The van der Waals surface area contributed by atoms with Crippen LogP contribution in [0.3, 0.4) is 0 Å². The Labute approximate surface area is 191 Å². The zero-order valence-corrected chi connectivity index (χ0v) is 18.6. The smallest absolute Gasteiger partial charge is 0.336 e. The molecule has 0 radical (unpaired) electrons. The Bertz CT molecular complexity index is 1240. The zero-order valence-electron chi connectivity index (χ0n) is 17.7. The third-order valence-corrected chi connectivity index (χ3v) is 7.39. The van der Waals surface area contributed by atoms with Gasteiger partial charge in [0.25, 0.3) is 11.5 Å². The Kier molecular flexibility index (Phi) is 5.69. The summed E-state index contributed by atoms with van der Waals surface area (Å²) >= 11 is 1.62. The Morgan fingerprint density at radius 2 is 1.88 bits per heavy atom. The van der Waals surface area contributed by atoms with E-state index in [1.54, 1.807) is 16.2 Å². The van der Waals surface area contributed by atoms with Crippen molar-refractivity contribution in [1.29, 1.82) is 0 Å². The van der Waals surface area contributed by atoms with Gasteiger partial charge in [0.2, 0.25) is 0 Å². The van der Waals surface area contributed by atoms with E-state index in [2.05, 4.69) is 14.9 Å². The third-order valence-electron chi connectivity index (χ3n) is 6.21. The number of carbonyl (C=O) groups excluding carboxylic acids is 1. The zero-order chi connectivity index (χ0) is 23.2. The van der Waals surface area contributed by atoms with E-state index in [-0.39, 0.29) is 17.0 Å². The van der Waals surface area contributed by atoms with E-state index in [1.165, 1.54) is 4.88 Å². The molecule has 3 aromatic heterocycles. The summed E-state index contributed by atoms with van der Waals surface area (Å²) in [5, 5.41) is 0.735. The summed E-state index contributed by atoms with van der Waals surface area (Å²) in [4.78, 5) is 42.1. The number of pyridine rings is 1. The highest BCUT2D eigenvalue weighted by atomic mass is 32.1. The van der Waals surface area contributed by atoms with Crippen molar-refractivity contribution in [2.45, 2.75) is 38.4 Å². The standard InChI is InChI=1S/C22H22F3N5O2S/c23-22(24,25)16-6-5-13(11-26-16)21(32)30-9-7-29(8-10-30)12-17-27-19(31)18-14-3-1-2-4-15(14)33-20(18)28-17/h5-6,11H,1-4,7-10,12H2,(H,27,28,31). The lowest BCUT2D eigenvalue weighted by Crippen LogP contribution is -2.48. The number of rotatable bonds is 3. The second-order valence-corrected chi connectivity index (χ2v) is 9.49. The van der Waals surface area contributed by atoms with E-state index in [4.69, 9.17) is 4.98 Å². The predicted octanol–water partition coefficient (Wildman–Crippen LogP) is 3.24. The number of nitrogens with zero attached hydrogens (tertiary/aromatic N) is 4. The van der Waals surface area contributed by atoms with Crippen LogP contribution >= 0.6 is 11.3 Å². The minimum Gasteiger partial charge on any atom is -0.336 e. The first-order valence-corrected chi connectivity index (χ1v) is 11.7. The maximum Gasteiger partial charge on any atom is 0.433 e. The van der Waals surface area contributed by atoms with Crippen molar-refractivity contribution in [2.24, 2.45) is 0 Å². The fourth-order valence-electron chi connectivity index (χ4n) is 4.47. The number of alkyl halides is 3. The first-order chi connectivity index (χ1) is 15.8. The molecular weight excluding hydrogens is 455 g/mol. The highest BCUT2D eigenvalue weighted by molar-refractivity contribution is 7.18. The molecule has 0 aromatic carbocycles. The van der Waals surface area contributed by atoms with Gasteiger partial charge in [-0.05, 0) is 43.4 Å². The summed E-state index contributed by atoms with van der Waals surface area (Å²) in [6.45, 7) is 2.47. The summed E-state index contributed by atoms with van der Waals surface area (Å²) in [6, 6.07) is 1.99. The number of nitrogens with one attached hydrogen (secondary N) is 1. The molecule has 7 nitrogen and oxygen atoms in total. The summed E-state index contributed by atoms with van der Waals surface area (Å²) < 4.78 is 38.0. The number of thiophene rings is 1. The molecule has 0 bridgehead atoms. The van der Waals surface area contributed by atoms with E-state index in [9.17, 15) is 22.8 Å². The van der Waals surface area contributed by atoms with Gasteiger partial charge in [0.15, 0.2) is 0 Å². The lowest BCUT2D eigenvalue weighted by Gasteiger charge is -2.34. The molecule has 2 aliphatic rings. The van der Waals surface area contributed by atoms with Gasteiger partial charge < -0.3 is 9.88 Å². The normalized spacial score (nSPS) is 17.4. The van der Waals surface area contributed by atoms with Crippen LogP contribution in [0, 0.1) is 0 Å². The lowest BCUT2D eigenvalue weighted by molar-refractivity contribution is -0.141. The maximum absolute atomic E-state index is 12.7. The Morgan fingerprint density at radius 3 is 2.58 bits per heavy atom. The number of fused-ring (bicyclic) bond motifs is 3. The second-order valence-electron chi connectivity index (χ2n) is 8.40. The van der Waals surface area contributed by atoms with Crippen molar-refractivity contribution in [3.8, 4) is 0 Å². The summed E-state index contributed by atoms with van der Waals surface area (Å²) in [5.41, 5.74) is 0.188. The van der Waals surface area contributed by atoms with Gasteiger partial charge in [0, 0.05) is 37.3 Å². The number of aromatic nitrogens is 3. The molecule has 4 heterocycles. The van der Waals surface area contributed by atoms with Crippen LogP contribution in [0.1, 0.15) is 45.2 Å². The number of carbonyl (C=O) groups is 1. The number of halogens is 3. The average molecular weight is 478 g/mol. The first-order valence-electron chi connectivity index (χ1n) is 10.9. The van der Waals surface area contributed by atoms with Crippen molar-refractivity contribution in [3.05, 3.63) is 56.2 Å². The van der Waals surface area contributed by atoms with Crippen LogP contribution in [0.2, 0.25) is 0 Å². The molecule has 3 aromatic rings. The number of amides is 1. The Balaban J connectivity index is 1.23. The first kappa shape index (κ1) is 22.0. The topological polar surface area (TPSA) is 82.2 Å². The highest BCUT2D eigenvalue weighted by Crippen LogP contribution is 2.33. The van der Waals surface area contributed by atoms with Gasteiger partial charge in [-0.2, -0.15) is 13.2 Å². The maximum atomic E-state index is 12.7. The molecule has 0 spiro atoms. The molecule has 0 saturated carbocycles. The van der Waals surface area contributed by atoms with Crippen LogP contribution in [0.5, 0.6) is 0 Å². The quantitative estimate of drug-likeness (QED) is 0.627. The molecule has 1 saturated heterocycles. The average Bonchev–Trinajstić information content (AvgIpc) is 3.17. The molecule has 174 valence electrons. The molecule has 0 atom stereocenters. The molecule has 1 N–H and O–H groups in total. The van der Waals surface area contributed by atoms with Gasteiger partial charge in [-0.1, -0.05) is 0 Å². The fourth-order valence-corrected chi connectivity index (χ4v) is 5.76. The molecule has 0 unspecified atom stereocenters. The molecule has 33 heavy (non-hydrogen) atoms. The van der Waals surface area contributed by atoms with E-state index in [1.807, 2.05) is 0 Å². The van der Waals surface area contributed by atoms with Crippen molar-refractivity contribution < 1.29 is 18.0 Å². The second kappa shape index (κ2) is 8.53. The molecule has 11 heteroatoms. The van der Waals surface area contributed by atoms with Gasteiger partial charge in [-0.3, -0.25) is 19.5 Å². The van der Waals surface area contributed by atoms with Gasteiger partial charge >= 0.3 is 6.18 Å². The molecular formula is C22H22F3N5O2S. The summed E-state index contributed by atoms with van der Waals surface area (Å²) in [6.07, 6.45) is 0.636. The van der Waals surface area contributed by atoms with E-state index in [0.717, 1.165) is 59.8 Å². The molecule has 1 aliphatic carbocycles. The molecule has 5 rings (SSSR count). The number of aromatic amines is 1. The summed E-state index contributed by atoms with van der Waals surface area (Å²) in [7, 11) is 0. The predicted molar refractivity (Wildman–Crippen MR) is 117 cm³/mol. The van der Waals surface area contributed by atoms with Gasteiger partial charge in [-0.25, -0.2) is 4.98 Å². The van der Waals surface area contributed by atoms with Crippen molar-refractivity contribution in [3.63, 3.8) is 0 Å². The lowest BCUT2D eigenvalue weighted by atomic mass is 9.97. The minimum absolute atomic E-state index is 0.0852. The Morgan fingerprint density at radius 1 is 1.12 bits per heavy atom. The van der Waals surface area contributed by atoms with Gasteiger partial charge in [0.05, 0.1) is 17.5 Å². The van der Waals surface area contributed by atoms with E-state index >= 15 is 0 Å². The third kappa shape index (κ3) is 4.39. The van der Waals surface area contributed by atoms with Crippen LogP contribution in [-0.2, 0) is 25.6 Å². The highest BCUT2D eigenvalue weighted by Gasteiger charge is 2.32. The van der Waals surface area contributed by atoms with Crippen molar-refractivity contribution >= 4 is 27.5 Å². The van der Waals surface area contributed by atoms with E-state index in [0.29, 0.717) is 38.5 Å². The molecule has 1 fully saturated rings. The van der Waals surface area contributed by atoms with Gasteiger partial charge in [-0.15, -0.1) is 11.3 Å². The number of aryl methyl sites for hydroxylation is 2. The largest absolute Gasteiger partial charge is 0.433 e. The summed E-state index contributed by atoms with van der Waals surface area (Å²) in [5.74, 6) is 0.269. The van der Waals surface area contributed by atoms with Crippen LogP contribution in [0.25, 0.3) is 10.2 Å². The van der Waals surface area contributed by atoms with E-state index < -0.39 is 11.9 Å².